The lowest BCUT2D eigenvalue weighted by Gasteiger charge is -2.43. The van der Waals surface area contributed by atoms with Gasteiger partial charge in [0.1, 0.15) is 0 Å². The Morgan fingerprint density at radius 2 is 0.889 bits per heavy atom. The van der Waals surface area contributed by atoms with Crippen molar-refractivity contribution in [3.05, 3.63) is 0 Å². The monoisotopic (exact) mass is 448 g/mol. The van der Waals surface area contributed by atoms with E-state index >= 15 is 4.20 Å². The van der Waals surface area contributed by atoms with E-state index < -0.39 is 28.5 Å². The predicted octanol–water partition coefficient (Wildman–Crippen LogP) is 8.78. The molecule has 0 aliphatic carbocycles. The van der Waals surface area contributed by atoms with E-state index in [1.165, 1.54) is 0 Å². The first-order valence-corrected chi connectivity index (χ1v) is 16.6. The molecular weight excluding hydrogens is 402 g/mol. The third kappa shape index (κ3) is 10.9. The fourth-order valence-corrected chi connectivity index (χ4v) is 14.5. The van der Waals surface area contributed by atoms with Gasteiger partial charge in [-0.3, -0.25) is 0 Å². The van der Waals surface area contributed by atoms with Gasteiger partial charge in [-0.25, -0.2) is 12.5 Å². The second-order valence-electron chi connectivity index (χ2n) is 7.44. The zero-order chi connectivity index (χ0) is 20.8. The molecule has 0 radical (unpaired) electrons. The van der Waals surface area contributed by atoms with E-state index in [2.05, 4.69) is 41.5 Å². The second kappa shape index (κ2) is 14.7. The molecule has 0 bridgehead atoms. The smallest absolute Gasteiger partial charge is 0.233 e. The molecule has 0 heterocycles. The van der Waals surface area contributed by atoms with E-state index in [-0.39, 0.29) is 0 Å². The van der Waals surface area contributed by atoms with Crippen LogP contribution in [0.4, 0.5) is 4.20 Å². The third-order valence-electron chi connectivity index (χ3n) is 4.54. The molecule has 0 aromatic heterocycles. The van der Waals surface area contributed by atoms with Crippen LogP contribution in [0.1, 0.15) is 92.9 Å². The predicted molar refractivity (Wildman–Crippen MR) is 126 cm³/mol. The van der Waals surface area contributed by atoms with Crippen molar-refractivity contribution in [3.63, 3.8) is 0 Å². The Balaban J connectivity index is 5.55. The Labute approximate surface area is 172 Å². The number of unbranched alkanes of at least 4 members (excludes halogenated alkanes) is 2. The molecule has 0 amide bonds. The lowest BCUT2D eigenvalue weighted by atomic mass is 10.4. The molecule has 0 N–H and O–H groups in total. The van der Waals surface area contributed by atoms with Crippen molar-refractivity contribution in [2.75, 3.05) is 34.5 Å². The molecule has 0 saturated carbocycles. The van der Waals surface area contributed by atoms with Crippen LogP contribution in [0.25, 0.3) is 0 Å². The lowest BCUT2D eigenvalue weighted by Crippen LogP contribution is -2.19. The van der Waals surface area contributed by atoms with E-state index in [1.807, 2.05) is 0 Å². The Bertz CT molecular complexity index is 378. The molecule has 0 spiro atoms. The molecule has 0 atom stereocenters. The first-order valence-electron chi connectivity index (χ1n) is 11.0. The molecule has 0 aliphatic rings. The number of halogens is 1. The summed E-state index contributed by atoms with van der Waals surface area (Å²) in [5, 5.41) is 0. The Morgan fingerprint density at radius 1 is 0.593 bits per heavy atom. The highest BCUT2D eigenvalue weighted by Gasteiger charge is 2.41. The minimum Gasteiger partial charge on any atom is -0.233 e. The largest absolute Gasteiger partial charge is 0.532 e. The van der Waals surface area contributed by atoms with Gasteiger partial charge in [-0.05, 0) is 73.0 Å². The Morgan fingerprint density at radius 3 is 1.11 bits per heavy atom. The molecule has 0 aromatic carbocycles. The van der Waals surface area contributed by atoms with Gasteiger partial charge in [0.25, 0.3) is 0 Å². The molecule has 0 fully saturated rings. The van der Waals surface area contributed by atoms with Gasteiger partial charge in [0.15, 0.2) is 0 Å². The van der Waals surface area contributed by atoms with E-state index in [4.69, 9.17) is 7.94 Å². The minimum absolute atomic E-state index is 0.816. The van der Waals surface area contributed by atoms with Crippen molar-refractivity contribution in [1.82, 2.24) is 0 Å². The van der Waals surface area contributed by atoms with Crippen molar-refractivity contribution >= 4 is 28.5 Å². The van der Waals surface area contributed by atoms with Crippen LogP contribution in [0.5, 0.6) is 0 Å². The number of hydrogen-bond acceptors (Lipinski definition) is 3. The van der Waals surface area contributed by atoms with Crippen LogP contribution >= 0.6 is 28.5 Å². The van der Waals surface area contributed by atoms with Crippen molar-refractivity contribution in [2.24, 2.45) is 0 Å². The molecule has 0 saturated heterocycles. The summed E-state index contributed by atoms with van der Waals surface area (Å²) in [6.07, 6.45) is 7.78. The van der Waals surface area contributed by atoms with Crippen molar-refractivity contribution in [3.8, 4) is 0 Å². The highest BCUT2D eigenvalue weighted by molar-refractivity contribution is 8.33. The van der Waals surface area contributed by atoms with Crippen LogP contribution in [-0.2, 0) is 12.5 Å². The van der Waals surface area contributed by atoms with Gasteiger partial charge >= 0.3 is 7.91 Å². The zero-order valence-corrected chi connectivity index (χ0v) is 21.3. The van der Waals surface area contributed by atoms with Crippen LogP contribution in [0.15, 0.2) is 0 Å². The third-order valence-corrected chi connectivity index (χ3v) is 15.2. The molecule has 27 heavy (non-hydrogen) atoms. The summed E-state index contributed by atoms with van der Waals surface area (Å²) in [4.78, 5) is 0. The molecule has 0 rings (SSSR count). The van der Waals surface area contributed by atoms with Crippen LogP contribution < -0.4 is 0 Å². The van der Waals surface area contributed by atoms with E-state index in [0.717, 1.165) is 85.9 Å². The van der Waals surface area contributed by atoms with Gasteiger partial charge in [-0.15, -0.1) is 24.8 Å². The molecule has 168 valence electrons. The van der Waals surface area contributed by atoms with E-state index in [9.17, 15) is 4.57 Å². The standard InChI is InChI=1S/C20H46FO3PS2/c1-7-13-19-26(15-9-3,16-10-4)23-25(21,22)24-27(17-11-5,18-12-6)20-14-8-2/h7-20H2,1-6H3. The van der Waals surface area contributed by atoms with Crippen LogP contribution in [-0.4, -0.2) is 34.5 Å². The quantitative estimate of drug-likeness (QED) is 0.197. The maximum atomic E-state index is 15.4. The summed E-state index contributed by atoms with van der Waals surface area (Å²) in [6.45, 7) is 12.7. The van der Waals surface area contributed by atoms with Gasteiger partial charge < -0.3 is 0 Å². The fourth-order valence-electron chi connectivity index (χ4n) is 3.53. The Kier molecular flexibility index (Phi) is 15.1. The van der Waals surface area contributed by atoms with Gasteiger partial charge in [-0.2, -0.15) is 0 Å². The fraction of sp³-hybridized carbons (Fsp3) is 1.00. The Hall–Kier alpha value is 0.780. The molecule has 0 unspecified atom stereocenters. The summed E-state index contributed by atoms with van der Waals surface area (Å²) in [6, 6.07) is 0. The van der Waals surface area contributed by atoms with Crippen LogP contribution in [0.2, 0.25) is 0 Å². The summed E-state index contributed by atoms with van der Waals surface area (Å²) in [7, 11) is -7.94. The number of hydrogen-bond donors (Lipinski definition) is 0. The molecular formula is C20H46FO3PS2. The van der Waals surface area contributed by atoms with Crippen molar-refractivity contribution in [2.45, 2.75) is 92.9 Å². The molecule has 3 nitrogen and oxygen atoms in total. The topological polar surface area (TPSA) is 35.5 Å². The maximum Gasteiger partial charge on any atom is 0.532 e. The minimum atomic E-state index is -4.56. The van der Waals surface area contributed by atoms with Crippen LogP contribution in [0, 0.1) is 0 Å². The SMILES string of the molecule is CCCCS(CCC)(CCC)OP(=O)(F)OS(CCC)(CCC)CCCC. The average Bonchev–Trinajstić information content (AvgIpc) is 2.58. The summed E-state index contributed by atoms with van der Waals surface area (Å²) >= 11 is 0. The van der Waals surface area contributed by atoms with Gasteiger partial charge in [0, 0.05) is 0 Å². The normalized spacial score (nSPS) is 14.5. The highest BCUT2D eigenvalue weighted by Crippen LogP contribution is 2.73. The maximum absolute atomic E-state index is 15.4. The first-order chi connectivity index (χ1) is 12.8. The lowest BCUT2D eigenvalue weighted by molar-refractivity contribution is 0.364. The summed E-state index contributed by atoms with van der Waals surface area (Å²) in [5.74, 6) is 4.93. The van der Waals surface area contributed by atoms with Gasteiger partial charge in [0.2, 0.25) is 0 Å². The summed E-state index contributed by atoms with van der Waals surface area (Å²) in [5.41, 5.74) is 0. The number of rotatable bonds is 18. The highest BCUT2D eigenvalue weighted by atomic mass is 32.3. The van der Waals surface area contributed by atoms with Crippen molar-refractivity contribution in [1.29, 1.82) is 0 Å². The van der Waals surface area contributed by atoms with E-state index in [0.29, 0.717) is 0 Å². The average molecular weight is 449 g/mol. The van der Waals surface area contributed by atoms with Crippen molar-refractivity contribution < 1.29 is 16.7 Å². The second-order valence-corrected chi connectivity index (χ2v) is 15.8. The molecule has 0 aliphatic heterocycles. The summed E-state index contributed by atoms with van der Waals surface area (Å²) < 4.78 is 40.2. The van der Waals surface area contributed by atoms with Gasteiger partial charge in [0.05, 0.1) is 0 Å². The molecule has 7 heteroatoms. The van der Waals surface area contributed by atoms with Crippen LogP contribution in [0.3, 0.4) is 0 Å². The van der Waals surface area contributed by atoms with E-state index in [1.54, 1.807) is 0 Å². The first kappa shape index (κ1) is 27.8. The van der Waals surface area contributed by atoms with Gasteiger partial charge in [-0.1, -0.05) is 54.4 Å². The zero-order valence-electron chi connectivity index (χ0n) is 18.8. The molecule has 0 aromatic rings.